The number of amides is 1. The highest BCUT2D eigenvalue weighted by molar-refractivity contribution is 6.30. The lowest BCUT2D eigenvalue weighted by molar-refractivity contribution is -0.121. The molecule has 3 nitrogen and oxygen atoms in total. The van der Waals surface area contributed by atoms with E-state index in [2.05, 4.69) is 5.32 Å². The lowest BCUT2D eigenvalue weighted by atomic mass is 10.1. The van der Waals surface area contributed by atoms with Crippen molar-refractivity contribution in [1.82, 2.24) is 5.32 Å². The zero-order chi connectivity index (χ0) is 13.2. The number of nitrogens with two attached hydrogens (primary N) is 1. The van der Waals surface area contributed by atoms with Gasteiger partial charge in [0.2, 0.25) is 5.91 Å². The molecule has 1 aromatic carbocycles. The van der Waals surface area contributed by atoms with E-state index in [1.165, 1.54) is 0 Å². The molecule has 0 fully saturated rings. The maximum atomic E-state index is 11.5. The van der Waals surface area contributed by atoms with Gasteiger partial charge in [0.25, 0.3) is 0 Å². The largest absolute Gasteiger partial charge is 0.356 e. The van der Waals surface area contributed by atoms with Crippen LogP contribution in [0.3, 0.4) is 0 Å². The monoisotopic (exact) mass is 268 g/mol. The van der Waals surface area contributed by atoms with Gasteiger partial charge in [0.15, 0.2) is 0 Å². The molecule has 0 saturated carbocycles. The first-order valence-electron chi connectivity index (χ1n) is 6.43. The fourth-order valence-electron chi connectivity index (χ4n) is 1.73. The number of carbonyl (C=O) groups is 1. The van der Waals surface area contributed by atoms with Gasteiger partial charge in [0.1, 0.15) is 0 Å². The summed E-state index contributed by atoms with van der Waals surface area (Å²) in [4.78, 5) is 11.5. The van der Waals surface area contributed by atoms with Crippen molar-refractivity contribution in [3.8, 4) is 0 Å². The van der Waals surface area contributed by atoms with Crippen LogP contribution < -0.4 is 11.1 Å². The molecule has 0 unspecified atom stereocenters. The predicted octanol–water partition coefficient (Wildman–Crippen LogP) is 2.52. The fraction of sp³-hybridized carbons (Fsp3) is 0.500. The highest BCUT2D eigenvalue weighted by Gasteiger charge is 2.00. The smallest absolute Gasteiger partial charge is 0.220 e. The number of hydrogen-bond donors (Lipinski definition) is 2. The van der Waals surface area contributed by atoms with Crippen molar-refractivity contribution in [2.24, 2.45) is 5.73 Å². The van der Waals surface area contributed by atoms with Crippen molar-refractivity contribution in [1.29, 1.82) is 0 Å². The molecule has 100 valence electrons. The Morgan fingerprint density at radius 2 is 2.11 bits per heavy atom. The number of nitrogens with one attached hydrogen (secondary N) is 1. The second kappa shape index (κ2) is 8.95. The number of hydrogen-bond acceptors (Lipinski definition) is 2. The average molecular weight is 269 g/mol. The maximum Gasteiger partial charge on any atom is 0.220 e. The van der Waals surface area contributed by atoms with Crippen molar-refractivity contribution < 1.29 is 4.79 Å². The molecule has 0 aliphatic rings. The molecule has 18 heavy (non-hydrogen) atoms. The molecule has 3 N–H and O–H groups in total. The summed E-state index contributed by atoms with van der Waals surface area (Å²) in [7, 11) is 0. The van der Waals surface area contributed by atoms with Gasteiger partial charge in [-0.25, -0.2) is 0 Å². The highest BCUT2D eigenvalue weighted by atomic mass is 35.5. The molecule has 0 saturated heterocycles. The first-order chi connectivity index (χ1) is 8.72. The van der Waals surface area contributed by atoms with Gasteiger partial charge in [0, 0.05) is 18.0 Å². The van der Waals surface area contributed by atoms with Crippen molar-refractivity contribution in [3.63, 3.8) is 0 Å². The molecule has 4 heteroatoms. The van der Waals surface area contributed by atoms with Crippen LogP contribution in [0, 0.1) is 0 Å². The Labute approximate surface area is 114 Å². The van der Waals surface area contributed by atoms with Gasteiger partial charge in [-0.2, -0.15) is 0 Å². The molecule has 1 aromatic rings. The van der Waals surface area contributed by atoms with E-state index in [4.69, 9.17) is 17.3 Å². The Morgan fingerprint density at radius 3 is 2.83 bits per heavy atom. The van der Waals surface area contributed by atoms with Crippen LogP contribution in [0.2, 0.25) is 5.02 Å². The Morgan fingerprint density at radius 1 is 1.28 bits per heavy atom. The highest BCUT2D eigenvalue weighted by Crippen LogP contribution is 2.10. The summed E-state index contributed by atoms with van der Waals surface area (Å²) in [5, 5.41) is 3.65. The van der Waals surface area contributed by atoms with Crippen LogP contribution >= 0.6 is 11.6 Å². The maximum absolute atomic E-state index is 11.5. The summed E-state index contributed by atoms with van der Waals surface area (Å²) < 4.78 is 0. The number of carbonyl (C=O) groups excluding carboxylic acids is 1. The first-order valence-corrected chi connectivity index (χ1v) is 6.81. The summed E-state index contributed by atoms with van der Waals surface area (Å²) >= 11 is 5.89. The van der Waals surface area contributed by atoms with Crippen LogP contribution in [-0.2, 0) is 11.2 Å². The SMILES string of the molecule is NCCCCCC(=O)NCCc1cccc(Cl)c1. The number of rotatable bonds is 8. The number of benzene rings is 1. The Kier molecular flexibility index (Phi) is 7.46. The third kappa shape index (κ3) is 6.62. The molecule has 0 atom stereocenters. The van der Waals surface area contributed by atoms with Gasteiger partial charge < -0.3 is 11.1 Å². The minimum Gasteiger partial charge on any atom is -0.356 e. The molecule has 0 aliphatic heterocycles. The standard InChI is InChI=1S/C14H21ClN2O/c15-13-6-4-5-12(11-13)8-10-17-14(18)7-2-1-3-9-16/h4-6,11H,1-3,7-10,16H2,(H,17,18). The summed E-state index contributed by atoms with van der Waals surface area (Å²) in [5.41, 5.74) is 6.54. The van der Waals surface area contributed by atoms with E-state index in [1.807, 2.05) is 24.3 Å². The fourth-order valence-corrected chi connectivity index (χ4v) is 1.95. The normalized spacial score (nSPS) is 10.3. The zero-order valence-electron chi connectivity index (χ0n) is 10.6. The Balaban J connectivity index is 2.12. The lowest BCUT2D eigenvalue weighted by Crippen LogP contribution is -2.25. The topological polar surface area (TPSA) is 55.1 Å². The summed E-state index contributed by atoms with van der Waals surface area (Å²) in [6.45, 7) is 1.37. The van der Waals surface area contributed by atoms with Crippen LogP contribution in [0.15, 0.2) is 24.3 Å². The molecule has 0 bridgehead atoms. The second-order valence-electron chi connectivity index (χ2n) is 4.33. The van der Waals surface area contributed by atoms with Crippen LogP contribution in [0.4, 0.5) is 0 Å². The molecule has 0 radical (unpaired) electrons. The molecule has 1 amide bonds. The van der Waals surface area contributed by atoms with E-state index in [-0.39, 0.29) is 5.91 Å². The number of halogens is 1. The van der Waals surface area contributed by atoms with Crippen LogP contribution in [0.5, 0.6) is 0 Å². The van der Waals surface area contributed by atoms with E-state index in [0.717, 1.165) is 36.3 Å². The van der Waals surface area contributed by atoms with Gasteiger partial charge in [-0.05, 0) is 43.5 Å². The summed E-state index contributed by atoms with van der Waals surface area (Å²) in [6.07, 6.45) is 4.35. The van der Waals surface area contributed by atoms with E-state index in [9.17, 15) is 4.79 Å². The minimum absolute atomic E-state index is 0.119. The summed E-state index contributed by atoms with van der Waals surface area (Å²) in [6, 6.07) is 7.71. The minimum atomic E-state index is 0.119. The summed E-state index contributed by atoms with van der Waals surface area (Å²) in [5.74, 6) is 0.119. The Hall–Kier alpha value is -1.06. The van der Waals surface area contributed by atoms with Gasteiger partial charge >= 0.3 is 0 Å². The molecule has 0 aromatic heterocycles. The third-order valence-corrected chi connectivity index (χ3v) is 2.97. The molecular weight excluding hydrogens is 248 g/mol. The van der Waals surface area contributed by atoms with E-state index in [0.29, 0.717) is 19.5 Å². The van der Waals surface area contributed by atoms with E-state index < -0.39 is 0 Å². The zero-order valence-corrected chi connectivity index (χ0v) is 11.4. The van der Waals surface area contributed by atoms with Crippen molar-refractivity contribution >= 4 is 17.5 Å². The predicted molar refractivity (Wildman–Crippen MR) is 75.7 cm³/mol. The van der Waals surface area contributed by atoms with Crippen molar-refractivity contribution in [2.45, 2.75) is 32.1 Å². The van der Waals surface area contributed by atoms with Crippen molar-refractivity contribution in [3.05, 3.63) is 34.9 Å². The van der Waals surface area contributed by atoms with Crippen LogP contribution in [-0.4, -0.2) is 19.0 Å². The van der Waals surface area contributed by atoms with Gasteiger partial charge in [-0.15, -0.1) is 0 Å². The molecule has 1 rings (SSSR count). The second-order valence-corrected chi connectivity index (χ2v) is 4.77. The molecule has 0 heterocycles. The molecule has 0 aliphatic carbocycles. The molecular formula is C14H21ClN2O. The van der Waals surface area contributed by atoms with E-state index in [1.54, 1.807) is 0 Å². The first kappa shape index (κ1) is 15.0. The van der Waals surface area contributed by atoms with Gasteiger partial charge in [0.05, 0.1) is 0 Å². The molecule has 0 spiro atoms. The van der Waals surface area contributed by atoms with Gasteiger partial charge in [-0.3, -0.25) is 4.79 Å². The van der Waals surface area contributed by atoms with E-state index >= 15 is 0 Å². The quantitative estimate of drug-likeness (QED) is 0.712. The Bertz CT molecular complexity index is 369. The van der Waals surface area contributed by atoms with Crippen molar-refractivity contribution in [2.75, 3.05) is 13.1 Å². The average Bonchev–Trinajstić information content (AvgIpc) is 2.35. The van der Waals surface area contributed by atoms with Crippen LogP contribution in [0.1, 0.15) is 31.2 Å². The lowest BCUT2D eigenvalue weighted by Gasteiger charge is -2.05. The van der Waals surface area contributed by atoms with Gasteiger partial charge in [-0.1, -0.05) is 30.2 Å². The number of unbranched alkanes of at least 4 members (excludes halogenated alkanes) is 2. The van der Waals surface area contributed by atoms with Crippen LogP contribution in [0.25, 0.3) is 0 Å². The third-order valence-electron chi connectivity index (χ3n) is 2.73.